The predicted molar refractivity (Wildman–Crippen MR) is 151 cm³/mol. The second-order valence-electron chi connectivity index (χ2n) is 8.95. The van der Waals surface area contributed by atoms with Gasteiger partial charge in [0.1, 0.15) is 12.2 Å². The van der Waals surface area contributed by atoms with Crippen LogP contribution in [0.2, 0.25) is 0 Å². The molecule has 0 bridgehead atoms. The van der Waals surface area contributed by atoms with Crippen molar-refractivity contribution in [1.82, 2.24) is 5.32 Å². The maximum atomic E-state index is 13.4. The molecule has 1 fully saturated rings. The van der Waals surface area contributed by atoms with Crippen molar-refractivity contribution < 1.29 is 33.3 Å². The molecule has 4 aromatic rings. The fourth-order valence-corrected chi connectivity index (χ4v) is 5.02. The number of benzene rings is 4. The molecule has 10 heteroatoms. The van der Waals surface area contributed by atoms with Gasteiger partial charge in [-0.15, -0.1) is 0 Å². The summed E-state index contributed by atoms with van der Waals surface area (Å²) in [6.45, 7) is 0.345. The molecule has 1 N–H and O–H groups in total. The first-order valence-corrected chi connectivity index (χ1v) is 13.0. The van der Waals surface area contributed by atoms with Crippen molar-refractivity contribution in [2.45, 2.75) is 6.61 Å². The molecule has 9 nitrogen and oxygen atoms in total. The molecule has 4 aromatic carbocycles. The molecular weight excluding hydrogens is 580 g/mol. The summed E-state index contributed by atoms with van der Waals surface area (Å²) in [5.41, 5.74) is 1.50. The van der Waals surface area contributed by atoms with Crippen molar-refractivity contribution in [2.24, 2.45) is 0 Å². The Bertz CT molecular complexity index is 1730. The van der Waals surface area contributed by atoms with Crippen molar-refractivity contribution in [1.29, 1.82) is 0 Å². The highest BCUT2D eigenvalue weighted by Crippen LogP contribution is 2.38. The number of anilines is 1. The maximum Gasteiger partial charge on any atom is 0.335 e. The standard InChI is InChI=1S/C30H21BrN2O7/c1-37-25-12-19(23(31)14-27(25)38-15-18-7-4-6-17-5-2-3-8-21(17)18)11-22-28(34)32-30(36)33(29(22)35)20-9-10-24-26(13-20)40-16-39-24/h2-14H,15-16H2,1H3,(H,32,34,36)/b22-11+. The van der Waals surface area contributed by atoms with Crippen LogP contribution in [0.1, 0.15) is 11.1 Å². The van der Waals surface area contributed by atoms with Crippen molar-refractivity contribution in [3.05, 3.63) is 94.0 Å². The Balaban J connectivity index is 1.29. The van der Waals surface area contributed by atoms with Crippen LogP contribution in [0.5, 0.6) is 23.0 Å². The van der Waals surface area contributed by atoms with Crippen molar-refractivity contribution in [3.8, 4) is 23.0 Å². The quantitative estimate of drug-likeness (QED) is 0.227. The van der Waals surface area contributed by atoms with Gasteiger partial charge < -0.3 is 18.9 Å². The fraction of sp³-hybridized carbons (Fsp3) is 0.100. The lowest BCUT2D eigenvalue weighted by atomic mass is 10.1. The summed E-state index contributed by atoms with van der Waals surface area (Å²) >= 11 is 3.51. The highest BCUT2D eigenvalue weighted by molar-refractivity contribution is 9.10. The smallest absolute Gasteiger partial charge is 0.335 e. The number of carbonyl (C=O) groups excluding carboxylic acids is 3. The first-order valence-electron chi connectivity index (χ1n) is 12.2. The van der Waals surface area contributed by atoms with Crippen LogP contribution in [-0.4, -0.2) is 31.7 Å². The van der Waals surface area contributed by atoms with Crippen molar-refractivity contribution >= 4 is 56.3 Å². The number of imide groups is 2. The summed E-state index contributed by atoms with van der Waals surface area (Å²) in [6.07, 6.45) is 1.39. The average molecular weight is 601 g/mol. The zero-order valence-electron chi connectivity index (χ0n) is 21.1. The van der Waals surface area contributed by atoms with E-state index in [2.05, 4.69) is 21.2 Å². The Morgan fingerprint density at radius 1 is 0.950 bits per heavy atom. The third-order valence-corrected chi connectivity index (χ3v) is 7.25. The summed E-state index contributed by atoms with van der Waals surface area (Å²) in [5.74, 6) is 0.180. The SMILES string of the molecule is COc1cc(/C=C2\C(=O)NC(=O)N(c3ccc4c(c3)OCO4)C2=O)c(Br)cc1OCc1cccc2ccccc12. The minimum Gasteiger partial charge on any atom is -0.493 e. The first-order chi connectivity index (χ1) is 19.4. The van der Waals surface area contributed by atoms with E-state index in [0.29, 0.717) is 39.6 Å². The molecule has 0 spiro atoms. The molecular formula is C30H21BrN2O7. The van der Waals surface area contributed by atoms with E-state index in [-0.39, 0.29) is 18.1 Å². The number of carbonyl (C=O) groups is 3. The molecule has 0 radical (unpaired) electrons. The van der Waals surface area contributed by atoms with Gasteiger partial charge in [0.2, 0.25) is 6.79 Å². The zero-order valence-corrected chi connectivity index (χ0v) is 22.7. The van der Waals surface area contributed by atoms with Crippen LogP contribution in [0, 0.1) is 0 Å². The number of methoxy groups -OCH3 is 1. The van der Waals surface area contributed by atoms with Gasteiger partial charge in [0.25, 0.3) is 11.8 Å². The zero-order chi connectivity index (χ0) is 27.8. The van der Waals surface area contributed by atoms with Gasteiger partial charge in [-0.1, -0.05) is 58.4 Å². The minimum atomic E-state index is -0.861. The summed E-state index contributed by atoms with van der Waals surface area (Å²) in [7, 11) is 1.50. The van der Waals surface area contributed by atoms with E-state index in [4.69, 9.17) is 18.9 Å². The van der Waals surface area contributed by atoms with Crippen LogP contribution in [0.15, 0.2) is 82.8 Å². The van der Waals surface area contributed by atoms with Crippen LogP contribution in [0.4, 0.5) is 10.5 Å². The Hall–Kier alpha value is -4.83. The van der Waals surface area contributed by atoms with E-state index in [1.165, 1.54) is 19.3 Å². The van der Waals surface area contributed by atoms with E-state index in [1.54, 1.807) is 24.3 Å². The lowest BCUT2D eigenvalue weighted by Crippen LogP contribution is -2.54. The molecule has 200 valence electrons. The summed E-state index contributed by atoms with van der Waals surface area (Å²) in [6, 6.07) is 21.2. The lowest BCUT2D eigenvalue weighted by Gasteiger charge is -2.26. The number of nitrogens with zero attached hydrogens (tertiary/aromatic N) is 1. The molecule has 0 unspecified atom stereocenters. The van der Waals surface area contributed by atoms with Gasteiger partial charge in [-0.3, -0.25) is 14.9 Å². The van der Waals surface area contributed by atoms with Gasteiger partial charge in [-0.2, -0.15) is 0 Å². The number of rotatable bonds is 6. The Kier molecular flexibility index (Phi) is 6.61. The van der Waals surface area contributed by atoms with E-state index >= 15 is 0 Å². The van der Waals surface area contributed by atoms with Crippen molar-refractivity contribution in [2.75, 3.05) is 18.8 Å². The van der Waals surface area contributed by atoms with Gasteiger partial charge >= 0.3 is 6.03 Å². The number of hydrogen-bond donors (Lipinski definition) is 1. The monoisotopic (exact) mass is 600 g/mol. The van der Waals surface area contributed by atoms with Crippen LogP contribution in [0.3, 0.4) is 0 Å². The predicted octanol–water partition coefficient (Wildman–Crippen LogP) is 5.59. The van der Waals surface area contributed by atoms with E-state index in [1.807, 2.05) is 42.5 Å². The largest absolute Gasteiger partial charge is 0.493 e. The molecule has 2 aliphatic rings. The lowest BCUT2D eigenvalue weighted by molar-refractivity contribution is -0.122. The fourth-order valence-electron chi connectivity index (χ4n) is 4.58. The van der Waals surface area contributed by atoms with E-state index < -0.39 is 17.8 Å². The molecule has 2 aliphatic heterocycles. The number of fused-ring (bicyclic) bond motifs is 2. The van der Waals surface area contributed by atoms with Crippen LogP contribution in [0.25, 0.3) is 16.8 Å². The van der Waals surface area contributed by atoms with Crippen LogP contribution in [-0.2, 0) is 16.2 Å². The Labute approximate surface area is 237 Å². The molecule has 6 rings (SSSR count). The van der Waals surface area contributed by atoms with Gasteiger partial charge in [0.05, 0.1) is 12.8 Å². The maximum absolute atomic E-state index is 13.4. The number of ether oxygens (including phenoxy) is 4. The molecule has 0 aliphatic carbocycles. The van der Waals surface area contributed by atoms with Gasteiger partial charge in [0.15, 0.2) is 23.0 Å². The van der Waals surface area contributed by atoms with E-state index in [0.717, 1.165) is 21.2 Å². The number of hydrogen-bond acceptors (Lipinski definition) is 7. The number of halogens is 1. The van der Waals surface area contributed by atoms with Gasteiger partial charge in [-0.05, 0) is 52.2 Å². The second-order valence-corrected chi connectivity index (χ2v) is 9.80. The highest BCUT2D eigenvalue weighted by atomic mass is 79.9. The normalized spacial score (nSPS) is 15.5. The molecule has 4 amide bonds. The average Bonchev–Trinajstić information content (AvgIpc) is 3.43. The molecule has 0 aromatic heterocycles. The first kappa shape index (κ1) is 25.4. The van der Waals surface area contributed by atoms with E-state index in [9.17, 15) is 14.4 Å². The Morgan fingerprint density at radius 3 is 2.60 bits per heavy atom. The minimum absolute atomic E-state index is 0.0417. The number of nitrogens with one attached hydrogen (secondary N) is 1. The van der Waals surface area contributed by atoms with Crippen LogP contribution >= 0.6 is 15.9 Å². The third-order valence-electron chi connectivity index (χ3n) is 6.56. The van der Waals surface area contributed by atoms with Crippen molar-refractivity contribution in [3.63, 3.8) is 0 Å². The summed E-state index contributed by atoms with van der Waals surface area (Å²) in [5, 5.41) is 4.43. The summed E-state index contributed by atoms with van der Waals surface area (Å²) in [4.78, 5) is 39.6. The highest BCUT2D eigenvalue weighted by Gasteiger charge is 2.37. The number of barbiturate groups is 1. The topological polar surface area (TPSA) is 103 Å². The number of urea groups is 1. The van der Waals surface area contributed by atoms with Crippen LogP contribution < -0.4 is 29.2 Å². The Morgan fingerprint density at radius 2 is 1.75 bits per heavy atom. The molecule has 2 heterocycles. The van der Waals surface area contributed by atoms with Gasteiger partial charge in [0, 0.05) is 10.5 Å². The third kappa shape index (κ3) is 4.62. The summed E-state index contributed by atoms with van der Waals surface area (Å²) < 4.78 is 22.9. The molecule has 0 saturated carbocycles. The van der Waals surface area contributed by atoms with Gasteiger partial charge in [-0.25, -0.2) is 9.69 Å². The number of amides is 4. The molecule has 0 atom stereocenters. The molecule has 40 heavy (non-hydrogen) atoms. The second kappa shape index (κ2) is 10.4. The molecule has 1 saturated heterocycles.